The lowest BCUT2D eigenvalue weighted by molar-refractivity contribution is 0.271. The van der Waals surface area contributed by atoms with Gasteiger partial charge >= 0.3 is 0 Å². The van der Waals surface area contributed by atoms with Crippen molar-refractivity contribution in [3.63, 3.8) is 0 Å². The molecule has 5 rings (SSSR count). The Morgan fingerprint density at radius 2 is 1.86 bits per heavy atom. The second-order valence-corrected chi connectivity index (χ2v) is 6.91. The second kappa shape index (κ2) is 7.39. The summed E-state index contributed by atoms with van der Waals surface area (Å²) in [5, 5.41) is 5.45. The summed E-state index contributed by atoms with van der Waals surface area (Å²) < 4.78 is 13.4. The Balaban J connectivity index is 1.35. The summed E-state index contributed by atoms with van der Waals surface area (Å²) in [5.74, 6) is 2.68. The molecule has 0 unspecified atom stereocenters. The highest BCUT2D eigenvalue weighted by molar-refractivity contribution is 5.91. The van der Waals surface area contributed by atoms with E-state index in [1.54, 1.807) is 10.8 Å². The first-order valence-electron chi connectivity index (χ1n) is 9.71. The minimum Gasteiger partial charge on any atom is -0.486 e. The van der Waals surface area contributed by atoms with E-state index >= 15 is 0 Å². The van der Waals surface area contributed by atoms with E-state index in [4.69, 9.17) is 9.15 Å². The van der Waals surface area contributed by atoms with E-state index in [0.29, 0.717) is 18.2 Å². The van der Waals surface area contributed by atoms with Gasteiger partial charge in [0, 0.05) is 5.39 Å². The number of nitrogens with zero attached hydrogens (tertiary/aromatic N) is 4. The zero-order chi connectivity index (χ0) is 19.6. The Morgan fingerprint density at radius 3 is 2.72 bits per heavy atom. The van der Waals surface area contributed by atoms with Crippen molar-refractivity contribution in [1.82, 2.24) is 19.6 Å². The number of fused-ring (bicyclic) bond motifs is 3. The maximum absolute atomic E-state index is 5.91. The van der Waals surface area contributed by atoms with Crippen LogP contribution in [0.2, 0.25) is 0 Å². The van der Waals surface area contributed by atoms with Gasteiger partial charge in [0.1, 0.15) is 24.4 Å². The minimum atomic E-state index is 0.352. The normalized spacial score (nSPS) is 11.3. The molecule has 0 saturated heterocycles. The standard InChI is InChI=1S/C23H20N4O2/c1-2-5-16-8-10-17(11-9-16)28-14-18-12-13-21(29-18)22-25-23-19-6-3-4-7-20(19)24-15-27(23)26-22/h3-4,6-13,15H,2,5,14H2,1H3. The third kappa shape index (κ3) is 3.45. The van der Waals surface area contributed by atoms with Gasteiger partial charge in [-0.05, 0) is 48.4 Å². The lowest BCUT2D eigenvalue weighted by Crippen LogP contribution is -1.94. The summed E-state index contributed by atoms with van der Waals surface area (Å²) in [5.41, 5.74) is 2.96. The molecule has 0 radical (unpaired) electrons. The van der Waals surface area contributed by atoms with Crippen LogP contribution in [0.25, 0.3) is 28.1 Å². The van der Waals surface area contributed by atoms with Gasteiger partial charge in [0.05, 0.1) is 5.52 Å². The van der Waals surface area contributed by atoms with Gasteiger partial charge in [-0.15, -0.1) is 5.10 Å². The average molecular weight is 384 g/mol. The summed E-state index contributed by atoms with van der Waals surface area (Å²) in [4.78, 5) is 9.06. The number of aryl methyl sites for hydroxylation is 1. The summed E-state index contributed by atoms with van der Waals surface area (Å²) >= 11 is 0. The van der Waals surface area contributed by atoms with E-state index in [1.165, 1.54) is 5.56 Å². The first-order valence-corrected chi connectivity index (χ1v) is 9.71. The van der Waals surface area contributed by atoms with Crippen molar-refractivity contribution in [1.29, 1.82) is 0 Å². The molecule has 0 spiro atoms. The van der Waals surface area contributed by atoms with E-state index in [2.05, 4.69) is 34.1 Å². The van der Waals surface area contributed by atoms with Crippen LogP contribution in [0.4, 0.5) is 0 Å². The molecular weight excluding hydrogens is 364 g/mol. The molecular formula is C23H20N4O2. The highest BCUT2D eigenvalue weighted by Crippen LogP contribution is 2.23. The van der Waals surface area contributed by atoms with Crippen molar-refractivity contribution in [3.05, 3.63) is 78.3 Å². The Labute approximate surface area is 167 Å². The van der Waals surface area contributed by atoms with Gasteiger partial charge in [0.2, 0.25) is 5.82 Å². The van der Waals surface area contributed by atoms with Gasteiger partial charge < -0.3 is 9.15 Å². The maximum atomic E-state index is 5.91. The van der Waals surface area contributed by atoms with Gasteiger partial charge in [-0.3, -0.25) is 0 Å². The van der Waals surface area contributed by atoms with E-state index in [-0.39, 0.29) is 0 Å². The number of ether oxygens (including phenoxy) is 1. The molecule has 0 saturated carbocycles. The molecule has 29 heavy (non-hydrogen) atoms. The lowest BCUT2D eigenvalue weighted by atomic mass is 10.1. The van der Waals surface area contributed by atoms with E-state index in [1.807, 2.05) is 48.5 Å². The van der Waals surface area contributed by atoms with Crippen LogP contribution in [-0.2, 0) is 13.0 Å². The summed E-state index contributed by atoms with van der Waals surface area (Å²) in [6, 6.07) is 19.8. The first-order chi connectivity index (χ1) is 14.3. The van der Waals surface area contributed by atoms with Crippen LogP contribution in [-0.4, -0.2) is 19.6 Å². The number of aromatic nitrogens is 4. The third-order valence-corrected chi connectivity index (χ3v) is 4.81. The Kier molecular flexibility index (Phi) is 4.44. The van der Waals surface area contributed by atoms with Crippen molar-refractivity contribution >= 4 is 16.6 Å². The summed E-state index contributed by atoms with van der Waals surface area (Å²) in [7, 11) is 0. The van der Waals surface area contributed by atoms with Gasteiger partial charge in [-0.1, -0.05) is 37.6 Å². The van der Waals surface area contributed by atoms with Crippen LogP contribution in [0, 0.1) is 0 Å². The average Bonchev–Trinajstić information content (AvgIpc) is 3.40. The molecule has 6 heteroatoms. The van der Waals surface area contributed by atoms with Crippen molar-refractivity contribution in [2.45, 2.75) is 26.4 Å². The maximum Gasteiger partial charge on any atom is 0.217 e. The Bertz CT molecular complexity index is 1270. The highest BCUT2D eigenvalue weighted by atomic mass is 16.5. The molecule has 0 aliphatic heterocycles. The second-order valence-electron chi connectivity index (χ2n) is 6.91. The van der Waals surface area contributed by atoms with Crippen molar-refractivity contribution in [2.24, 2.45) is 0 Å². The molecule has 0 bridgehead atoms. The topological polar surface area (TPSA) is 65.5 Å². The van der Waals surface area contributed by atoms with Crippen molar-refractivity contribution in [2.75, 3.05) is 0 Å². The molecule has 0 aliphatic rings. The van der Waals surface area contributed by atoms with E-state index in [0.717, 1.165) is 40.9 Å². The third-order valence-electron chi connectivity index (χ3n) is 4.81. The fourth-order valence-electron chi connectivity index (χ4n) is 3.36. The summed E-state index contributed by atoms with van der Waals surface area (Å²) in [6.07, 6.45) is 3.89. The molecule has 0 amide bonds. The number of hydrogen-bond acceptors (Lipinski definition) is 5. The Hall–Kier alpha value is -3.67. The Morgan fingerprint density at radius 1 is 1.00 bits per heavy atom. The number of benzene rings is 2. The SMILES string of the molecule is CCCc1ccc(OCc2ccc(-c3nc4c5ccccc5ncn4n3)o2)cc1. The monoisotopic (exact) mass is 384 g/mol. The summed E-state index contributed by atoms with van der Waals surface area (Å²) in [6.45, 7) is 2.53. The smallest absolute Gasteiger partial charge is 0.217 e. The van der Waals surface area contributed by atoms with Crippen molar-refractivity contribution < 1.29 is 9.15 Å². The minimum absolute atomic E-state index is 0.352. The van der Waals surface area contributed by atoms with Crippen LogP contribution in [0.3, 0.4) is 0 Å². The molecule has 3 heterocycles. The lowest BCUT2D eigenvalue weighted by Gasteiger charge is -2.05. The fourth-order valence-corrected chi connectivity index (χ4v) is 3.36. The van der Waals surface area contributed by atoms with Crippen molar-refractivity contribution in [3.8, 4) is 17.3 Å². The number of para-hydroxylation sites is 1. The quantitative estimate of drug-likeness (QED) is 0.409. The van der Waals surface area contributed by atoms with Gasteiger partial charge in [0.25, 0.3) is 0 Å². The van der Waals surface area contributed by atoms with Crippen LogP contribution >= 0.6 is 0 Å². The number of hydrogen-bond donors (Lipinski definition) is 0. The molecule has 5 aromatic rings. The largest absolute Gasteiger partial charge is 0.486 e. The first kappa shape index (κ1) is 17.4. The van der Waals surface area contributed by atoms with Gasteiger partial charge in [0.15, 0.2) is 11.4 Å². The zero-order valence-corrected chi connectivity index (χ0v) is 16.1. The predicted molar refractivity (Wildman–Crippen MR) is 111 cm³/mol. The molecule has 3 aromatic heterocycles. The zero-order valence-electron chi connectivity index (χ0n) is 16.1. The molecule has 6 nitrogen and oxygen atoms in total. The molecule has 144 valence electrons. The fraction of sp³-hybridized carbons (Fsp3) is 0.174. The number of rotatable bonds is 6. The van der Waals surface area contributed by atoms with Crippen LogP contribution < -0.4 is 4.74 Å². The molecule has 0 fully saturated rings. The van der Waals surface area contributed by atoms with Crippen LogP contribution in [0.5, 0.6) is 5.75 Å². The van der Waals surface area contributed by atoms with Gasteiger partial charge in [-0.2, -0.15) is 0 Å². The predicted octanol–water partition coefficient (Wildman–Crippen LogP) is 5.07. The molecule has 0 atom stereocenters. The highest BCUT2D eigenvalue weighted by Gasteiger charge is 2.13. The number of furan rings is 1. The van der Waals surface area contributed by atoms with E-state index < -0.39 is 0 Å². The van der Waals surface area contributed by atoms with Gasteiger partial charge in [-0.25, -0.2) is 14.5 Å². The van der Waals surface area contributed by atoms with Crippen LogP contribution in [0.15, 0.2) is 71.4 Å². The molecule has 0 aliphatic carbocycles. The molecule has 2 aromatic carbocycles. The van der Waals surface area contributed by atoms with E-state index in [9.17, 15) is 0 Å². The molecule has 0 N–H and O–H groups in total. The van der Waals surface area contributed by atoms with Crippen LogP contribution in [0.1, 0.15) is 24.7 Å².